The van der Waals surface area contributed by atoms with Crippen LogP contribution in [0.25, 0.3) is 0 Å². The summed E-state index contributed by atoms with van der Waals surface area (Å²) in [4.78, 5) is 42.3. The maximum atomic E-state index is 12.9. The maximum Gasteiger partial charge on any atom is 0.242 e. The molecule has 2 aliphatic rings. The zero-order valence-corrected chi connectivity index (χ0v) is 18.2. The van der Waals surface area contributed by atoms with Gasteiger partial charge in [-0.15, -0.1) is 11.8 Å². The Morgan fingerprint density at radius 2 is 1.81 bits per heavy atom. The first-order valence-electron chi connectivity index (χ1n) is 10.3. The molecule has 2 aromatic rings. The number of hydrogen-bond donors (Lipinski definition) is 1. The number of amides is 3. The standard InChI is InChI=1S/C23H25N3O4S/c1-30-19-8-4-2-6-17(19)24-23(29)16-10-12-25(13-11-16)21(27)14-26-18-7-3-5-9-20(18)31-15-22(26)28/h2-9,16H,10-15H2,1H3,(H,24,29). The molecule has 31 heavy (non-hydrogen) atoms. The van der Waals surface area contributed by atoms with Crippen LogP contribution >= 0.6 is 11.8 Å². The van der Waals surface area contributed by atoms with Gasteiger partial charge in [0.05, 0.1) is 24.2 Å². The Morgan fingerprint density at radius 1 is 1.10 bits per heavy atom. The van der Waals surface area contributed by atoms with Crippen LogP contribution in [0.5, 0.6) is 5.75 Å². The lowest BCUT2D eigenvalue weighted by Gasteiger charge is -2.34. The zero-order chi connectivity index (χ0) is 21.8. The highest BCUT2D eigenvalue weighted by Crippen LogP contribution is 2.35. The first-order valence-corrected chi connectivity index (χ1v) is 11.3. The third-order valence-corrected chi connectivity index (χ3v) is 6.73. The molecule has 0 aliphatic carbocycles. The van der Waals surface area contributed by atoms with Crippen molar-refractivity contribution in [3.05, 3.63) is 48.5 Å². The second-order valence-electron chi connectivity index (χ2n) is 7.58. The zero-order valence-electron chi connectivity index (χ0n) is 17.4. The van der Waals surface area contributed by atoms with Crippen molar-refractivity contribution in [2.75, 3.05) is 42.7 Å². The number of fused-ring (bicyclic) bond motifs is 1. The van der Waals surface area contributed by atoms with Crippen LogP contribution in [-0.2, 0) is 14.4 Å². The summed E-state index contributed by atoms with van der Waals surface area (Å²) in [5, 5.41) is 2.94. The first-order chi connectivity index (χ1) is 15.1. The van der Waals surface area contributed by atoms with E-state index in [2.05, 4.69) is 5.32 Å². The molecule has 0 radical (unpaired) electrons. The van der Waals surface area contributed by atoms with Crippen LogP contribution in [0.15, 0.2) is 53.4 Å². The Kier molecular flexibility index (Phi) is 6.46. The number of nitrogens with one attached hydrogen (secondary N) is 1. The minimum absolute atomic E-state index is 0.0362. The van der Waals surface area contributed by atoms with Crippen molar-refractivity contribution < 1.29 is 19.1 Å². The molecule has 0 unspecified atom stereocenters. The van der Waals surface area contributed by atoms with Crippen molar-refractivity contribution in [2.24, 2.45) is 5.92 Å². The summed E-state index contributed by atoms with van der Waals surface area (Å²) in [6, 6.07) is 15.0. The lowest BCUT2D eigenvalue weighted by atomic mass is 9.95. The van der Waals surface area contributed by atoms with E-state index in [1.807, 2.05) is 36.4 Å². The highest BCUT2D eigenvalue weighted by molar-refractivity contribution is 8.00. The molecule has 0 aromatic heterocycles. The van der Waals surface area contributed by atoms with E-state index < -0.39 is 0 Å². The van der Waals surface area contributed by atoms with Crippen molar-refractivity contribution in [2.45, 2.75) is 17.7 Å². The number of nitrogens with zero attached hydrogens (tertiary/aromatic N) is 2. The van der Waals surface area contributed by atoms with Crippen molar-refractivity contribution in [3.63, 3.8) is 0 Å². The molecule has 1 fully saturated rings. The summed E-state index contributed by atoms with van der Waals surface area (Å²) in [6.45, 7) is 1.04. The lowest BCUT2D eigenvalue weighted by molar-refractivity contribution is -0.134. The molecule has 2 aliphatic heterocycles. The summed E-state index contributed by atoms with van der Waals surface area (Å²) < 4.78 is 5.29. The number of anilines is 2. The number of para-hydroxylation sites is 3. The van der Waals surface area contributed by atoms with E-state index in [1.165, 1.54) is 11.8 Å². The number of carbonyl (C=O) groups excluding carboxylic acids is 3. The Bertz CT molecular complexity index is 988. The monoisotopic (exact) mass is 439 g/mol. The topological polar surface area (TPSA) is 79.0 Å². The molecule has 162 valence electrons. The van der Waals surface area contributed by atoms with Gasteiger partial charge in [0, 0.05) is 23.9 Å². The van der Waals surface area contributed by atoms with E-state index in [9.17, 15) is 14.4 Å². The fraction of sp³-hybridized carbons (Fsp3) is 0.348. The minimum Gasteiger partial charge on any atom is -0.495 e. The SMILES string of the molecule is COc1ccccc1NC(=O)C1CCN(C(=O)CN2C(=O)CSc3ccccc32)CC1. The third-order valence-electron chi connectivity index (χ3n) is 5.68. The van der Waals surface area contributed by atoms with Gasteiger partial charge in [-0.1, -0.05) is 24.3 Å². The average molecular weight is 440 g/mol. The van der Waals surface area contributed by atoms with Gasteiger partial charge in [0.2, 0.25) is 17.7 Å². The number of rotatable bonds is 5. The molecule has 0 atom stereocenters. The van der Waals surface area contributed by atoms with Crippen LogP contribution in [0.4, 0.5) is 11.4 Å². The highest BCUT2D eigenvalue weighted by atomic mass is 32.2. The highest BCUT2D eigenvalue weighted by Gasteiger charge is 2.31. The minimum atomic E-state index is -0.164. The van der Waals surface area contributed by atoms with Crippen LogP contribution < -0.4 is 15.0 Å². The Morgan fingerprint density at radius 3 is 2.58 bits per heavy atom. The summed E-state index contributed by atoms with van der Waals surface area (Å²) in [6.07, 6.45) is 1.18. The first kappa shape index (κ1) is 21.2. The van der Waals surface area contributed by atoms with Crippen LogP contribution in [0.2, 0.25) is 0 Å². The van der Waals surface area contributed by atoms with Crippen LogP contribution in [0, 0.1) is 5.92 Å². The Hall–Kier alpha value is -3.00. The van der Waals surface area contributed by atoms with Crippen LogP contribution in [-0.4, -0.2) is 55.1 Å². The molecule has 2 aromatic carbocycles. The Balaban J connectivity index is 1.33. The third kappa shape index (κ3) is 4.69. The van der Waals surface area contributed by atoms with Gasteiger partial charge in [-0.3, -0.25) is 14.4 Å². The van der Waals surface area contributed by atoms with Crippen molar-refractivity contribution in [1.29, 1.82) is 0 Å². The maximum absolute atomic E-state index is 12.9. The normalized spacial score (nSPS) is 16.6. The molecule has 1 saturated heterocycles. The summed E-state index contributed by atoms with van der Waals surface area (Å²) in [5.74, 6) is 0.599. The molecule has 0 bridgehead atoms. The number of hydrogen-bond acceptors (Lipinski definition) is 5. The quantitative estimate of drug-likeness (QED) is 0.775. The van der Waals surface area contributed by atoms with E-state index in [0.717, 1.165) is 10.6 Å². The van der Waals surface area contributed by atoms with Gasteiger partial charge in [-0.25, -0.2) is 0 Å². The van der Waals surface area contributed by atoms with Crippen LogP contribution in [0.3, 0.4) is 0 Å². The number of benzene rings is 2. The number of methoxy groups -OCH3 is 1. The molecule has 2 heterocycles. The Labute approximate surface area is 185 Å². The summed E-state index contributed by atoms with van der Waals surface area (Å²) in [5.41, 5.74) is 1.44. The van der Waals surface area contributed by atoms with E-state index >= 15 is 0 Å². The van der Waals surface area contributed by atoms with Crippen LogP contribution in [0.1, 0.15) is 12.8 Å². The van der Waals surface area contributed by atoms with Gasteiger partial charge in [-0.2, -0.15) is 0 Å². The summed E-state index contributed by atoms with van der Waals surface area (Å²) in [7, 11) is 1.57. The molecular weight excluding hydrogens is 414 g/mol. The van der Waals surface area contributed by atoms with E-state index in [-0.39, 0.29) is 30.2 Å². The predicted molar refractivity (Wildman–Crippen MR) is 120 cm³/mol. The molecule has 0 spiro atoms. The second-order valence-corrected chi connectivity index (χ2v) is 8.60. The van der Waals surface area contributed by atoms with E-state index in [4.69, 9.17) is 4.74 Å². The van der Waals surface area contributed by atoms with Gasteiger partial charge in [0.15, 0.2) is 0 Å². The van der Waals surface area contributed by atoms with Crippen molar-refractivity contribution in [1.82, 2.24) is 4.90 Å². The van der Waals surface area contributed by atoms with Gasteiger partial charge in [0.1, 0.15) is 12.3 Å². The number of piperidine rings is 1. The fourth-order valence-electron chi connectivity index (χ4n) is 3.94. The van der Waals surface area contributed by atoms with E-state index in [1.54, 1.807) is 29.0 Å². The van der Waals surface area contributed by atoms with E-state index in [0.29, 0.717) is 43.1 Å². The van der Waals surface area contributed by atoms with Gasteiger partial charge in [0.25, 0.3) is 0 Å². The number of ether oxygens (including phenoxy) is 1. The van der Waals surface area contributed by atoms with Crippen molar-refractivity contribution in [3.8, 4) is 5.75 Å². The molecule has 8 heteroatoms. The average Bonchev–Trinajstić information content (AvgIpc) is 2.81. The molecule has 3 amide bonds. The molecular formula is C23H25N3O4S. The molecule has 7 nitrogen and oxygen atoms in total. The smallest absolute Gasteiger partial charge is 0.242 e. The fourth-order valence-corrected chi connectivity index (χ4v) is 4.87. The molecule has 4 rings (SSSR count). The van der Waals surface area contributed by atoms with Crippen molar-refractivity contribution >= 4 is 40.9 Å². The summed E-state index contributed by atoms with van der Waals surface area (Å²) >= 11 is 1.50. The number of thioether (sulfide) groups is 1. The molecule has 0 saturated carbocycles. The van der Waals surface area contributed by atoms with Gasteiger partial charge >= 0.3 is 0 Å². The number of carbonyl (C=O) groups is 3. The lowest BCUT2D eigenvalue weighted by Crippen LogP contribution is -2.48. The number of likely N-dealkylation sites (tertiary alicyclic amines) is 1. The van der Waals surface area contributed by atoms with Gasteiger partial charge < -0.3 is 19.9 Å². The largest absolute Gasteiger partial charge is 0.495 e. The second kappa shape index (κ2) is 9.43. The van der Waals surface area contributed by atoms with Gasteiger partial charge in [-0.05, 0) is 37.1 Å². The predicted octanol–water partition coefficient (Wildman–Crippen LogP) is 3.01. The molecule has 1 N–H and O–H groups in total.